The minimum atomic E-state index is -4.11. The summed E-state index contributed by atoms with van der Waals surface area (Å²) < 4.78 is 17.8. The average Bonchev–Trinajstić information content (AvgIpc) is 2.80. The lowest BCUT2D eigenvalue weighted by atomic mass is 10.3. The third-order valence-electron chi connectivity index (χ3n) is 2.77. The Kier molecular flexibility index (Phi) is 4.86. The Balaban J connectivity index is 1.99. The molecule has 0 aliphatic rings. The Bertz CT molecular complexity index is 656. The number of nitrogens with two attached hydrogens (primary N) is 1. The number of aliphatic hydroxyl groups excluding tert-OH is 1. The predicted octanol–water partition coefficient (Wildman–Crippen LogP) is -0.689. The summed E-state index contributed by atoms with van der Waals surface area (Å²) in [4.78, 5) is 29.5. The van der Waals surface area contributed by atoms with Crippen LogP contribution in [0.2, 0.25) is 0 Å². The minimum Gasteiger partial charge on any atom is -0.394 e. The average molecular weight is 317 g/mol. The fourth-order valence-corrected chi connectivity index (χ4v) is 2.31. The van der Waals surface area contributed by atoms with E-state index in [4.69, 9.17) is 25.4 Å². The maximum absolute atomic E-state index is 10.8. The number of ether oxygens (including phenoxy) is 1. The number of aliphatic hydroxyl groups is 1. The molecule has 2 aromatic rings. The van der Waals surface area contributed by atoms with E-state index in [9.17, 15) is 4.57 Å². The number of nitrogen functional groups attached to an aromatic ring is 1. The van der Waals surface area contributed by atoms with Crippen molar-refractivity contribution < 1.29 is 24.2 Å². The first kappa shape index (κ1) is 15.8. The molecular weight excluding hydrogens is 301 g/mol. The number of nitrogens with zero attached hydrogens (tertiary/aromatic N) is 4. The molecule has 0 fully saturated rings. The highest BCUT2D eigenvalue weighted by atomic mass is 31.2. The standard InChI is InChI=1S/C10H16N5O5P/c11-10-12-3-8-9(14-10)15(5-13-8)6-20-7(4-16)1-2-21(17,18)19/h3,5,7,16H,1-2,4,6H2,(H2,11,12,14)(H2,17,18,19)/t7-/m1/s1. The Morgan fingerprint density at radius 3 is 2.86 bits per heavy atom. The molecule has 0 aliphatic carbocycles. The molecule has 10 nitrogen and oxygen atoms in total. The van der Waals surface area contributed by atoms with Gasteiger partial charge in [-0.25, -0.2) is 9.97 Å². The van der Waals surface area contributed by atoms with Crippen molar-refractivity contribution >= 4 is 24.7 Å². The number of hydrogen-bond donors (Lipinski definition) is 4. The molecule has 0 saturated carbocycles. The number of anilines is 1. The van der Waals surface area contributed by atoms with E-state index in [1.54, 1.807) is 4.57 Å². The summed E-state index contributed by atoms with van der Waals surface area (Å²) >= 11 is 0. The van der Waals surface area contributed by atoms with Crippen molar-refractivity contribution in [3.05, 3.63) is 12.5 Å². The van der Waals surface area contributed by atoms with Gasteiger partial charge in [-0.3, -0.25) is 9.13 Å². The van der Waals surface area contributed by atoms with Gasteiger partial charge in [0, 0.05) is 0 Å². The maximum Gasteiger partial charge on any atom is 0.325 e. The summed E-state index contributed by atoms with van der Waals surface area (Å²) in [6, 6.07) is 0. The lowest BCUT2D eigenvalue weighted by Gasteiger charge is -2.16. The van der Waals surface area contributed by atoms with Gasteiger partial charge in [0.2, 0.25) is 5.95 Å². The van der Waals surface area contributed by atoms with Crippen LogP contribution >= 0.6 is 7.60 Å². The first-order chi connectivity index (χ1) is 9.89. The van der Waals surface area contributed by atoms with Gasteiger partial charge in [0.15, 0.2) is 5.65 Å². The number of imidazole rings is 1. The molecule has 0 aromatic carbocycles. The molecular formula is C10H16N5O5P. The molecule has 2 aromatic heterocycles. The van der Waals surface area contributed by atoms with Crippen molar-refractivity contribution in [1.29, 1.82) is 0 Å². The topological polar surface area (TPSA) is 157 Å². The molecule has 2 heterocycles. The van der Waals surface area contributed by atoms with Gasteiger partial charge >= 0.3 is 7.60 Å². The molecule has 0 unspecified atom stereocenters. The van der Waals surface area contributed by atoms with Crippen molar-refractivity contribution in [1.82, 2.24) is 19.5 Å². The van der Waals surface area contributed by atoms with Gasteiger partial charge < -0.3 is 25.4 Å². The smallest absolute Gasteiger partial charge is 0.325 e. The van der Waals surface area contributed by atoms with E-state index in [0.29, 0.717) is 11.2 Å². The summed E-state index contributed by atoms with van der Waals surface area (Å²) in [5, 5.41) is 9.16. The highest BCUT2D eigenvalue weighted by Gasteiger charge is 2.18. The largest absolute Gasteiger partial charge is 0.394 e. The van der Waals surface area contributed by atoms with Crippen molar-refractivity contribution in [3.8, 4) is 0 Å². The van der Waals surface area contributed by atoms with Crippen LogP contribution in [0.25, 0.3) is 11.2 Å². The Labute approximate surface area is 119 Å². The van der Waals surface area contributed by atoms with Gasteiger partial charge in [-0.05, 0) is 6.42 Å². The van der Waals surface area contributed by atoms with E-state index in [-0.39, 0.29) is 31.9 Å². The fraction of sp³-hybridized carbons (Fsp3) is 0.500. The van der Waals surface area contributed by atoms with Crippen molar-refractivity contribution in [3.63, 3.8) is 0 Å². The van der Waals surface area contributed by atoms with Crippen LogP contribution in [0.3, 0.4) is 0 Å². The van der Waals surface area contributed by atoms with Crippen LogP contribution in [0.1, 0.15) is 6.42 Å². The Morgan fingerprint density at radius 1 is 1.43 bits per heavy atom. The molecule has 21 heavy (non-hydrogen) atoms. The second-order valence-corrected chi connectivity index (χ2v) is 6.21. The van der Waals surface area contributed by atoms with Gasteiger partial charge in [0.1, 0.15) is 12.2 Å². The summed E-state index contributed by atoms with van der Waals surface area (Å²) in [6.07, 6.45) is 1.97. The zero-order chi connectivity index (χ0) is 15.5. The van der Waals surface area contributed by atoms with E-state index in [0.717, 1.165) is 0 Å². The molecule has 0 aliphatic heterocycles. The van der Waals surface area contributed by atoms with Crippen molar-refractivity contribution in [2.45, 2.75) is 19.3 Å². The number of aromatic nitrogens is 4. The van der Waals surface area contributed by atoms with E-state index < -0.39 is 13.7 Å². The van der Waals surface area contributed by atoms with Gasteiger partial charge in [-0.15, -0.1) is 0 Å². The van der Waals surface area contributed by atoms with E-state index in [1.807, 2.05) is 0 Å². The lowest BCUT2D eigenvalue weighted by molar-refractivity contribution is -0.0239. The lowest BCUT2D eigenvalue weighted by Crippen LogP contribution is -2.21. The number of hydrogen-bond acceptors (Lipinski definition) is 7. The number of fused-ring (bicyclic) bond motifs is 1. The van der Waals surface area contributed by atoms with Crippen LogP contribution in [-0.2, 0) is 16.0 Å². The number of rotatable bonds is 7. The quantitative estimate of drug-likeness (QED) is 0.485. The van der Waals surface area contributed by atoms with Crippen LogP contribution in [0.5, 0.6) is 0 Å². The van der Waals surface area contributed by atoms with E-state index in [2.05, 4.69) is 15.0 Å². The van der Waals surface area contributed by atoms with Crippen molar-refractivity contribution in [2.75, 3.05) is 18.5 Å². The zero-order valence-electron chi connectivity index (χ0n) is 11.0. The minimum absolute atomic E-state index is 0.0271. The monoisotopic (exact) mass is 317 g/mol. The summed E-state index contributed by atoms with van der Waals surface area (Å²) in [7, 11) is -4.11. The zero-order valence-corrected chi connectivity index (χ0v) is 11.9. The van der Waals surface area contributed by atoms with Crippen LogP contribution < -0.4 is 5.73 Å². The highest BCUT2D eigenvalue weighted by Crippen LogP contribution is 2.35. The molecule has 0 bridgehead atoms. The van der Waals surface area contributed by atoms with Gasteiger partial charge in [-0.2, -0.15) is 4.98 Å². The van der Waals surface area contributed by atoms with Crippen LogP contribution in [-0.4, -0.2) is 53.3 Å². The van der Waals surface area contributed by atoms with Crippen LogP contribution in [0.15, 0.2) is 12.5 Å². The fourth-order valence-electron chi connectivity index (χ4n) is 1.69. The first-order valence-corrected chi connectivity index (χ1v) is 7.89. The Hall–Kier alpha value is -1.58. The van der Waals surface area contributed by atoms with Gasteiger partial charge in [-0.1, -0.05) is 0 Å². The normalized spacial score (nSPS) is 13.7. The molecule has 0 spiro atoms. The Morgan fingerprint density at radius 2 is 2.19 bits per heavy atom. The molecule has 0 saturated heterocycles. The summed E-state index contributed by atoms with van der Waals surface area (Å²) in [5.74, 6) is 0.101. The first-order valence-electron chi connectivity index (χ1n) is 6.09. The third-order valence-corrected chi connectivity index (χ3v) is 3.61. The molecule has 116 valence electrons. The summed E-state index contributed by atoms with van der Waals surface area (Å²) in [5.41, 5.74) is 6.52. The second kappa shape index (κ2) is 6.46. The molecule has 1 atom stereocenters. The van der Waals surface area contributed by atoms with Crippen LogP contribution in [0, 0.1) is 0 Å². The summed E-state index contributed by atoms with van der Waals surface area (Å²) in [6.45, 7) is -0.316. The third kappa shape index (κ3) is 4.45. The highest BCUT2D eigenvalue weighted by molar-refractivity contribution is 7.51. The van der Waals surface area contributed by atoms with Gasteiger partial charge in [0.05, 0.1) is 31.4 Å². The van der Waals surface area contributed by atoms with E-state index in [1.165, 1.54) is 12.5 Å². The molecule has 5 N–H and O–H groups in total. The SMILES string of the molecule is Nc1ncc2ncn(CO[C@@H](CO)CCP(=O)(O)O)c2n1. The molecule has 11 heteroatoms. The van der Waals surface area contributed by atoms with E-state index >= 15 is 0 Å². The molecule has 0 amide bonds. The maximum atomic E-state index is 10.8. The van der Waals surface area contributed by atoms with Crippen molar-refractivity contribution in [2.24, 2.45) is 0 Å². The molecule has 2 rings (SSSR count). The van der Waals surface area contributed by atoms with Crippen LogP contribution in [0.4, 0.5) is 5.95 Å². The molecule has 0 radical (unpaired) electrons. The van der Waals surface area contributed by atoms with Gasteiger partial charge in [0.25, 0.3) is 0 Å². The predicted molar refractivity (Wildman–Crippen MR) is 73.2 cm³/mol. The second-order valence-electron chi connectivity index (χ2n) is 4.43.